The van der Waals surface area contributed by atoms with Gasteiger partial charge in [-0.25, -0.2) is 0 Å². The summed E-state index contributed by atoms with van der Waals surface area (Å²) in [5.74, 6) is -0.389. The predicted octanol–water partition coefficient (Wildman–Crippen LogP) is 3.98. The quantitative estimate of drug-likeness (QED) is 0.830. The molecule has 0 saturated carbocycles. The maximum atomic E-state index is 11.0. The number of nitrogens with two attached hydrogens (primary N) is 1. The standard InChI is InChI=1S/C12H10Br2N2OS/c13-9-2-1-3-10(14)11(9)16-5-8-4-7(6-18-8)12(15)17/h1-4,6,16H,5H2,(H2,15,17). The molecule has 3 nitrogen and oxygen atoms in total. The van der Waals surface area contributed by atoms with Crippen LogP contribution in [0.4, 0.5) is 5.69 Å². The zero-order chi connectivity index (χ0) is 13.1. The number of primary amides is 1. The van der Waals surface area contributed by atoms with E-state index in [1.807, 2.05) is 24.3 Å². The molecule has 2 rings (SSSR count). The summed E-state index contributed by atoms with van der Waals surface area (Å²) in [5, 5.41) is 5.09. The van der Waals surface area contributed by atoms with Crippen molar-refractivity contribution in [1.82, 2.24) is 0 Å². The van der Waals surface area contributed by atoms with Crippen LogP contribution in [0.2, 0.25) is 0 Å². The molecule has 0 unspecified atom stereocenters. The average Bonchev–Trinajstić information content (AvgIpc) is 2.77. The lowest BCUT2D eigenvalue weighted by atomic mass is 10.3. The monoisotopic (exact) mass is 388 g/mol. The minimum Gasteiger partial charge on any atom is -0.378 e. The first-order chi connectivity index (χ1) is 8.58. The third kappa shape index (κ3) is 3.13. The van der Waals surface area contributed by atoms with E-state index in [1.54, 1.807) is 5.38 Å². The van der Waals surface area contributed by atoms with E-state index in [1.165, 1.54) is 11.3 Å². The Kier molecular flexibility index (Phi) is 4.42. The van der Waals surface area contributed by atoms with Gasteiger partial charge in [0.25, 0.3) is 0 Å². The van der Waals surface area contributed by atoms with Crippen molar-refractivity contribution in [3.63, 3.8) is 0 Å². The minimum atomic E-state index is -0.389. The SMILES string of the molecule is NC(=O)c1csc(CNc2c(Br)cccc2Br)c1. The lowest BCUT2D eigenvalue weighted by Gasteiger charge is -2.09. The largest absolute Gasteiger partial charge is 0.378 e. The summed E-state index contributed by atoms with van der Waals surface area (Å²) in [4.78, 5) is 12.1. The van der Waals surface area contributed by atoms with Gasteiger partial charge in [0.2, 0.25) is 5.91 Å². The number of benzene rings is 1. The maximum Gasteiger partial charge on any atom is 0.249 e. The van der Waals surface area contributed by atoms with Crippen molar-refractivity contribution in [3.05, 3.63) is 49.0 Å². The highest BCUT2D eigenvalue weighted by Gasteiger charge is 2.07. The van der Waals surface area contributed by atoms with Gasteiger partial charge in [0.05, 0.1) is 11.3 Å². The smallest absolute Gasteiger partial charge is 0.249 e. The third-order valence-electron chi connectivity index (χ3n) is 2.34. The van der Waals surface area contributed by atoms with Crippen LogP contribution in [-0.4, -0.2) is 5.91 Å². The Hall–Kier alpha value is -0.850. The Morgan fingerprint density at radius 3 is 2.56 bits per heavy atom. The zero-order valence-corrected chi connectivity index (χ0v) is 13.2. The molecule has 0 atom stereocenters. The maximum absolute atomic E-state index is 11.0. The normalized spacial score (nSPS) is 10.3. The number of thiophene rings is 1. The highest BCUT2D eigenvalue weighted by atomic mass is 79.9. The summed E-state index contributed by atoms with van der Waals surface area (Å²) in [6, 6.07) is 7.70. The molecule has 1 aromatic carbocycles. The van der Waals surface area contributed by atoms with Crippen molar-refractivity contribution in [3.8, 4) is 0 Å². The van der Waals surface area contributed by atoms with E-state index in [-0.39, 0.29) is 5.91 Å². The van der Waals surface area contributed by atoms with Gasteiger partial charge in [-0.05, 0) is 50.1 Å². The Morgan fingerprint density at radius 1 is 1.33 bits per heavy atom. The van der Waals surface area contributed by atoms with Crippen LogP contribution in [0, 0.1) is 0 Å². The lowest BCUT2D eigenvalue weighted by Crippen LogP contribution is -2.09. The Balaban J connectivity index is 2.09. The van der Waals surface area contributed by atoms with E-state index >= 15 is 0 Å². The van der Waals surface area contributed by atoms with Gasteiger partial charge < -0.3 is 11.1 Å². The van der Waals surface area contributed by atoms with E-state index in [0.717, 1.165) is 19.5 Å². The summed E-state index contributed by atoms with van der Waals surface area (Å²) in [6.07, 6.45) is 0. The summed E-state index contributed by atoms with van der Waals surface area (Å²) in [6.45, 7) is 0.652. The summed E-state index contributed by atoms with van der Waals surface area (Å²) < 4.78 is 1.98. The van der Waals surface area contributed by atoms with Gasteiger partial charge in [-0.15, -0.1) is 11.3 Å². The third-order valence-corrected chi connectivity index (χ3v) is 4.60. The van der Waals surface area contributed by atoms with Crippen LogP contribution in [0.25, 0.3) is 0 Å². The molecule has 1 amide bonds. The molecule has 1 aromatic heterocycles. The van der Waals surface area contributed by atoms with Crippen LogP contribution in [0.15, 0.2) is 38.6 Å². The fourth-order valence-corrected chi connectivity index (χ4v) is 3.54. The van der Waals surface area contributed by atoms with E-state index in [4.69, 9.17) is 5.73 Å². The average molecular weight is 390 g/mol. The summed E-state index contributed by atoms with van der Waals surface area (Å²) in [7, 11) is 0. The number of rotatable bonds is 4. The molecule has 0 aliphatic heterocycles. The van der Waals surface area contributed by atoms with Gasteiger partial charge in [-0.2, -0.15) is 0 Å². The number of nitrogens with one attached hydrogen (secondary N) is 1. The second-order valence-corrected chi connectivity index (χ2v) is 6.32. The molecule has 6 heteroatoms. The van der Waals surface area contributed by atoms with Gasteiger partial charge in [-0.1, -0.05) is 6.07 Å². The first-order valence-corrected chi connectivity index (χ1v) is 7.59. The fraction of sp³-hybridized carbons (Fsp3) is 0.0833. The number of amides is 1. The molecule has 94 valence electrons. The zero-order valence-electron chi connectivity index (χ0n) is 9.24. The molecule has 3 N–H and O–H groups in total. The second kappa shape index (κ2) is 5.86. The van der Waals surface area contributed by atoms with E-state index < -0.39 is 0 Å². The van der Waals surface area contributed by atoms with E-state index in [2.05, 4.69) is 37.2 Å². The van der Waals surface area contributed by atoms with Crippen LogP contribution < -0.4 is 11.1 Å². The minimum absolute atomic E-state index is 0.389. The van der Waals surface area contributed by atoms with Gasteiger partial charge in [0, 0.05) is 25.7 Å². The molecule has 0 bridgehead atoms. The Bertz CT molecular complexity index is 563. The van der Waals surface area contributed by atoms with Crippen LogP contribution >= 0.6 is 43.2 Å². The molecule has 0 saturated heterocycles. The molecule has 0 aliphatic carbocycles. The summed E-state index contributed by atoms with van der Waals surface area (Å²) >= 11 is 8.49. The first kappa shape index (κ1) is 13.6. The first-order valence-electron chi connectivity index (χ1n) is 5.13. The Morgan fingerprint density at radius 2 is 2.00 bits per heavy atom. The van der Waals surface area contributed by atoms with Crippen molar-refractivity contribution in [2.45, 2.75) is 6.54 Å². The number of carbonyl (C=O) groups is 1. The fourth-order valence-electron chi connectivity index (χ4n) is 1.44. The predicted molar refractivity (Wildman–Crippen MR) is 82.0 cm³/mol. The number of hydrogen-bond donors (Lipinski definition) is 2. The van der Waals surface area contributed by atoms with Crippen molar-refractivity contribution in [1.29, 1.82) is 0 Å². The van der Waals surface area contributed by atoms with Crippen LogP contribution in [-0.2, 0) is 6.54 Å². The van der Waals surface area contributed by atoms with Crippen molar-refractivity contribution >= 4 is 54.8 Å². The highest BCUT2D eigenvalue weighted by molar-refractivity contribution is 9.11. The second-order valence-electron chi connectivity index (χ2n) is 3.62. The highest BCUT2D eigenvalue weighted by Crippen LogP contribution is 2.31. The molecule has 2 aromatic rings. The number of carbonyl (C=O) groups excluding carboxylic acids is 1. The molecule has 18 heavy (non-hydrogen) atoms. The number of para-hydroxylation sites is 1. The molecular weight excluding hydrogens is 380 g/mol. The van der Waals surface area contributed by atoms with Crippen molar-refractivity contribution in [2.75, 3.05) is 5.32 Å². The van der Waals surface area contributed by atoms with Crippen LogP contribution in [0.5, 0.6) is 0 Å². The number of halogens is 2. The van der Waals surface area contributed by atoms with Crippen LogP contribution in [0.3, 0.4) is 0 Å². The van der Waals surface area contributed by atoms with Gasteiger partial charge in [-0.3, -0.25) is 4.79 Å². The summed E-state index contributed by atoms with van der Waals surface area (Å²) in [5.41, 5.74) is 6.77. The van der Waals surface area contributed by atoms with Crippen LogP contribution in [0.1, 0.15) is 15.2 Å². The van der Waals surface area contributed by atoms with E-state index in [9.17, 15) is 4.79 Å². The van der Waals surface area contributed by atoms with Crippen molar-refractivity contribution in [2.24, 2.45) is 5.73 Å². The molecule has 0 aliphatic rings. The molecular formula is C12H10Br2N2OS. The topological polar surface area (TPSA) is 55.1 Å². The molecule has 0 fully saturated rings. The van der Waals surface area contributed by atoms with Gasteiger partial charge in [0.15, 0.2) is 0 Å². The number of anilines is 1. The van der Waals surface area contributed by atoms with Crippen molar-refractivity contribution < 1.29 is 4.79 Å². The molecule has 0 spiro atoms. The Labute approximate surface area is 126 Å². The van der Waals surface area contributed by atoms with E-state index in [0.29, 0.717) is 12.1 Å². The number of hydrogen-bond acceptors (Lipinski definition) is 3. The van der Waals surface area contributed by atoms with Gasteiger partial charge in [0.1, 0.15) is 0 Å². The van der Waals surface area contributed by atoms with Gasteiger partial charge >= 0.3 is 0 Å². The molecule has 0 radical (unpaired) electrons. The lowest BCUT2D eigenvalue weighted by molar-refractivity contribution is 0.100. The molecule has 1 heterocycles.